The third-order valence-corrected chi connectivity index (χ3v) is 8.79. The van der Waals surface area contributed by atoms with Gasteiger partial charge in [-0.3, -0.25) is 9.59 Å². The van der Waals surface area contributed by atoms with Gasteiger partial charge in [0.15, 0.2) is 0 Å². The van der Waals surface area contributed by atoms with Gasteiger partial charge in [0.1, 0.15) is 0 Å². The summed E-state index contributed by atoms with van der Waals surface area (Å²) in [6.45, 7) is 10.3. The van der Waals surface area contributed by atoms with Crippen LogP contribution in [0, 0.1) is 25.2 Å². The molecule has 0 bridgehead atoms. The predicted octanol–water partition coefficient (Wildman–Crippen LogP) is 4.83. The van der Waals surface area contributed by atoms with Crippen LogP contribution in [-0.2, 0) is 9.59 Å². The minimum Gasteiger partial charge on any atom is -0.342 e. The SMILES string of the molecule is CCC(=O)N(C)C1(C)CC(C(=O)N2CCC3(CC2)CC(c2cccc(C)c2C)C3)C1. The van der Waals surface area contributed by atoms with E-state index in [9.17, 15) is 9.59 Å². The van der Waals surface area contributed by atoms with Crippen LogP contribution in [0.1, 0.15) is 81.4 Å². The first kappa shape index (κ1) is 21.4. The van der Waals surface area contributed by atoms with E-state index in [1.54, 1.807) is 5.56 Å². The van der Waals surface area contributed by atoms with Gasteiger partial charge >= 0.3 is 0 Å². The molecule has 1 aliphatic heterocycles. The maximum atomic E-state index is 13.0. The van der Waals surface area contributed by atoms with E-state index >= 15 is 0 Å². The number of hydrogen-bond acceptors (Lipinski definition) is 2. The fourth-order valence-corrected chi connectivity index (χ4v) is 6.28. The van der Waals surface area contributed by atoms with Crippen LogP contribution < -0.4 is 0 Å². The average Bonchev–Trinajstić information content (AvgIpc) is 2.70. The summed E-state index contributed by atoms with van der Waals surface area (Å²) in [6, 6.07) is 6.72. The lowest BCUT2D eigenvalue weighted by molar-refractivity contribution is -0.154. The average molecular weight is 411 g/mol. The predicted molar refractivity (Wildman–Crippen MR) is 120 cm³/mol. The standard InChI is InChI=1S/C26H38N2O2/c1-6-23(29)27(5)25(4)14-21(15-25)24(30)28-12-10-26(11-13-28)16-20(17-26)22-9-7-8-18(2)19(22)3/h7-9,20-21H,6,10-17H2,1-5H3. The van der Waals surface area contributed by atoms with Crippen molar-refractivity contribution in [1.82, 2.24) is 9.80 Å². The first-order valence-corrected chi connectivity index (χ1v) is 11.8. The number of aryl methyl sites for hydroxylation is 1. The first-order valence-electron chi connectivity index (χ1n) is 11.8. The molecule has 2 amide bonds. The summed E-state index contributed by atoms with van der Waals surface area (Å²) in [5.41, 5.74) is 4.72. The van der Waals surface area contributed by atoms with Crippen molar-refractivity contribution in [2.45, 2.75) is 84.1 Å². The molecule has 3 fully saturated rings. The molecular formula is C26H38N2O2. The van der Waals surface area contributed by atoms with Gasteiger partial charge in [0.2, 0.25) is 11.8 Å². The molecule has 4 nitrogen and oxygen atoms in total. The Hall–Kier alpha value is -1.84. The van der Waals surface area contributed by atoms with E-state index in [-0.39, 0.29) is 17.4 Å². The van der Waals surface area contributed by atoms with Gasteiger partial charge in [0.05, 0.1) is 0 Å². The van der Waals surface area contributed by atoms with E-state index in [0.717, 1.165) is 38.8 Å². The van der Waals surface area contributed by atoms with Crippen LogP contribution in [0.2, 0.25) is 0 Å². The summed E-state index contributed by atoms with van der Waals surface area (Å²) in [6.07, 6.45) is 7.02. The van der Waals surface area contributed by atoms with Gasteiger partial charge in [0, 0.05) is 38.0 Å². The quantitative estimate of drug-likeness (QED) is 0.713. The Balaban J connectivity index is 1.27. The number of amides is 2. The molecule has 164 valence electrons. The lowest BCUT2D eigenvalue weighted by Gasteiger charge is -2.55. The second-order valence-corrected chi connectivity index (χ2v) is 10.6. The molecule has 0 radical (unpaired) electrons. The summed E-state index contributed by atoms with van der Waals surface area (Å²) in [7, 11) is 1.89. The molecule has 1 heterocycles. The molecule has 1 saturated heterocycles. The third kappa shape index (κ3) is 3.56. The van der Waals surface area contributed by atoms with Gasteiger partial charge in [-0.15, -0.1) is 0 Å². The molecule has 4 heteroatoms. The van der Waals surface area contributed by atoms with Crippen molar-refractivity contribution in [3.63, 3.8) is 0 Å². The van der Waals surface area contributed by atoms with Crippen molar-refractivity contribution in [3.8, 4) is 0 Å². The molecule has 0 atom stereocenters. The van der Waals surface area contributed by atoms with Crippen molar-refractivity contribution < 1.29 is 9.59 Å². The molecule has 0 N–H and O–H groups in total. The van der Waals surface area contributed by atoms with E-state index in [4.69, 9.17) is 0 Å². The van der Waals surface area contributed by atoms with Crippen LogP contribution in [0.3, 0.4) is 0 Å². The highest BCUT2D eigenvalue weighted by Gasteiger charge is 2.51. The van der Waals surface area contributed by atoms with Gasteiger partial charge in [0.25, 0.3) is 0 Å². The lowest BCUT2D eigenvalue weighted by Crippen LogP contribution is -2.60. The molecule has 4 rings (SSSR count). The van der Waals surface area contributed by atoms with Crippen LogP contribution in [-0.4, -0.2) is 47.3 Å². The minimum absolute atomic E-state index is 0.0974. The molecule has 0 unspecified atom stereocenters. The fourth-order valence-electron chi connectivity index (χ4n) is 6.28. The molecule has 1 aromatic carbocycles. The van der Waals surface area contributed by atoms with Crippen molar-refractivity contribution >= 4 is 11.8 Å². The van der Waals surface area contributed by atoms with E-state index in [0.29, 0.717) is 23.7 Å². The second kappa shape index (κ2) is 7.69. The summed E-state index contributed by atoms with van der Waals surface area (Å²) < 4.78 is 0. The van der Waals surface area contributed by atoms with Crippen LogP contribution in [0.15, 0.2) is 18.2 Å². The smallest absolute Gasteiger partial charge is 0.225 e. The zero-order valence-electron chi connectivity index (χ0n) is 19.5. The van der Waals surface area contributed by atoms with Gasteiger partial charge in [-0.1, -0.05) is 25.1 Å². The van der Waals surface area contributed by atoms with Crippen molar-refractivity contribution in [2.75, 3.05) is 20.1 Å². The number of benzene rings is 1. The summed E-state index contributed by atoms with van der Waals surface area (Å²) >= 11 is 0. The molecule has 2 saturated carbocycles. The second-order valence-electron chi connectivity index (χ2n) is 10.6. The maximum absolute atomic E-state index is 13.0. The zero-order valence-corrected chi connectivity index (χ0v) is 19.5. The molecular weight excluding hydrogens is 372 g/mol. The molecule has 3 aliphatic rings. The van der Waals surface area contributed by atoms with E-state index in [2.05, 4.69) is 43.9 Å². The largest absolute Gasteiger partial charge is 0.342 e. The monoisotopic (exact) mass is 410 g/mol. The number of carbonyl (C=O) groups excluding carboxylic acids is 2. The van der Waals surface area contributed by atoms with E-state index < -0.39 is 0 Å². The summed E-state index contributed by atoms with van der Waals surface area (Å²) in [5, 5.41) is 0. The van der Waals surface area contributed by atoms with Crippen molar-refractivity contribution in [3.05, 3.63) is 34.9 Å². The summed E-state index contributed by atoms with van der Waals surface area (Å²) in [4.78, 5) is 29.1. The van der Waals surface area contributed by atoms with Crippen molar-refractivity contribution in [1.29, 1.82) is 0 Å². The van der Waals surface area contributed by atoms with Gasteiger partial charge in [-0.2, -0.15) is 0 Å². The van der Waals surface area contributed by atoms with Gasteiger partial charge < -0.3 is 9.80 Å². The normalized spacial score (nSPS) is 28.0. The van der Waals surface area contributed by atoms with Crippen LogP contribution in [0.5, 0.6) is 0 Å². The molecule has 1 aromatic rings. The number of carbonyl (C=O) groups is 2. The number of likely N-dealkylation sites (tertiary alicyclic amines) is 1. The van der Waals surface area contributed by atoms with Gasteiger partial charge in [-0.25, -0.2) is 0 Å². The molecule has 2 aliphatic carbocycles. The highest BCUT2D eigenvalue weighted by molar-refractivity contribution is 5.82. The molecule has 30 heavy (non-hydrogen) atoms. The Kier molecular flexibility index (Phi) is 5.48. The Bertz CT molecular complexity index is 823. The lowest BCUT2D eigenvalue weighted by atomic mass is 9.55. The van der Waals surface area contributed by atoms with Crippen molar-refractivity contribution in [2.24, 2.45) is 11.3 Å². The number of hydrogen-bond donors (Lipinski definition) is 0. The van der Waals surface area contributed by atoms with E-state index in [1.807, 2.05) is 18.9 Å². The fraction of sp³-hybridized carbons (Fsp3) is 0.692. The molecule has 0 aromatic heterocycles. The van der Waals surface area contributed by atoms with E-state index in [1.165, 1.54) is 24.0 Å². The first-order chi connectivity index (χ1) is 14.2. The number of nitrogens with zero attached hydrogens (tertiary/aromatic N) is 2. The van der Waals surface area contributed by atoms with Crippen LogP contribution in [0.4, 0.5) is 0 Å². The summed E-state index contributed by atoms with van der Waals surface area (Å²) in [5.74, 6) is 1.29. The Morgan fingerprint density at radius 2 is 1.73 bits per heavy atom. The van der Waals surface area contributed by atoms with Crippen LogP contribution in [0.25, 0.3) is 0 Å². The minimum atomic E-state index is -0.142. The molecule has 1 spiro atoms. The topological polar surface area (TPSA) is 40.6 Å². The maximum Gasteiger partial charge on any atom is 0.225 e. The zero-order chi connectivity index (χ0) is 21.7. The Labute approximate surface area is 182 Å². The number of piperidine rings is 1. The highest BCUT2D eigenvalue weighted by Crippen LogP contribution is 2.57. The number of rotatable bonds is 4. The third-order valence-electron chi connectivity index (χ3n) is 8.79. The van der Waals surface area contributed by atoms with Crippen LogP contribution >= 0.6 is 0 Å². The Morgan fingerprint density at radius 3 is 2.33 bits per heavy atom. The highest BCUT2D eigenvalue weighted by atomic mass is 16.2. The Morgan fingerprint density at radius 1 is 1.10 bits per heavy atom. The van der Waals surface area contributed by atoms with Gasteiger partial charge in [-0.05, 0) is 87.3 Å².